The molecule has 0 aliphatic carbocycles. The molecule has 7 nitrogen and oxygen atoms in total. The van der Waals surface area contributed by atoms with Crippen LogP contribution in [0.5, 0.6) is 0 Å². The smallest absolute Gasteiger partial charge is 0.269 e. The van der Waals surface area contributed by atoms with Crippen LogP contribution in [0.3, 0.4) is 0 Å². The monoisotopic (exact) mass is 291 g/mol. The van der Waals surface area contributed by atoms with Gasteiger partial charge in [0.1, 0.15) is 5.69 Å². The van der Waals surface area contributed by atoms with Crippen molar-refractivity contribution in [2.24, 2.45) is 11.1 Å². The number of nitrogens with two attached hydrogens (primary N) is 1. The molecule has 0 unspecified atom stereocenters. The summed E-state index contributed by atoms with van der Waals surface area (Å²) < 4.78 is 7.39. The molecule has 1 aromatic heterocycles. The van der Waals surface area contributed by atoms with Crippen molar-refractivity contribution in [3.8, 4) is 0 Å². The van der Waals surface area contributed by atoms with Gasteiger partial charge in [-0.25, -0.2) is 0 Å². The summed E-state index contributed by atoms with van der Waals surface area (Å²) in [5, 5.41) is 12.4. The topological polar surface area (TPSA) is 97.2 Å². The number of fused-ring (bicyclic) bond motifs is 1. The fourth-order valence-electron chi connectivity index (χ4n) is 3.22. The van der Waals surface area contributed by atoms with Gasteiger partial charge in [0.2, 0.25) is 0 Å². The Labute approximate surface area is 123 Å². The highest BCUT2D eigenvalue weighted by atomic mass is 16.5. The molecule has 2 aliphatic rings. The van der Waals surface area contributed by atoms with Gasteiger partial charge in [0, 0.05) is 31.7 Å². The number of amidine groups is 1. The van der Waals surface area contributed by atoms with E-state index in [0.29, 0.717) is 18.1 Å². The molecule has 0 radical (unpaired) electrons. The fourth-order valence-corrected chi connectivity index (χ4v) is 3.22. The maximum absolute atomic E-state index is 11.4. The van der Waals surface area contributed by atoms with Crippen molar-refractivity contribution in [1.82, 2.24) is 14.7 Å². The van der Waals surface area contributed by atoms with Crippen LogP contribution in [0.4, 0.5) is 0 Å². The zero-order valence-corrected chi connectivity index (χ0v) is 12.3. The Morgan fingerprint density at radius 1 is 1.43 bits per heavy atom. The Morgan fingerprint density at radius 3 is 2.76 bits per heavy atom. The number of nitrogens with one attached hydrogen (secondary N) is 1. The molecule has 0 bridgehead atoms. The predicted octanol–water partition coefficient (Wildman–Crippen LogP) is 0.592. The number of hydrogen-bond donors (Lipinski definition) is 2. The number of aromatic nitrogens is 2. The first-order chi connectivity index (χ1) is 9.99. The summed E-state index contributed by atoms with van der Waals surface area (Å²) in [6.07, 6.45) is 1.89. The first-order valence-corrected chi connectivity index (χ1v) is 7.23. The number of rotatable bonds is 1. The van der Waals surface area contributed by atoms with Gasteiger partial charge in [0.05, 0.1) is 18.1 Å². The third-order valence-electron chi connectivity index (χ3n) is 4.51. The van der Waals surface area contributed by atoms with Gasteiger partial charge >= 0.3 is 0 Å². The number of nitrogens with zero attached hydrogens (tertiary/aromatic N) is 3. The summed E-state index contributed by atoms with van der Waals surface area (Å²) in [5.74, 6) is 0.0332. The van der Waals surface area contributed by atoms with E-state index < -0.39 is 5.91 Å². The molecule has 1 aromatic rings. The highest BCUT2D eigenvalue weighted by Gasteiger charge is 2.38. The van der Waals surface area contributed by atoms with Crippen LogP contribution in [0, 0.1) is 10.8 Å². The molecule has 0 atom stereocenters. The van der Waals surface area contributed by atoms with Gasteiger partial charge in [-0.05, 0) is 25.8 Å². The lowest BCUT2D eigenvalue weighted by atomic mass is 9.79. The molecule has 1 spiro atoms. The second kappa shape index (κ2) is 5.14. The van der Waals surface area contributed by atoms with E-state index in [0.717, 1.165) is 44.8 Å². The first kappa shape index (κ1) is 14.1. The summed E-state index contributed by atoms with van der Waals surface area (Å²) in [6.45, 7) is 5.46. The van der Waals surface area contributed by atoms with E-state index in [2.05, 4.69) is 10.00 Å². The summed E-state index contributed by atoms with van der Waals surface area (Å²) in [6, 6.07) is 1.75. The van der Waals surface area contributed by atoms with Crippen molar-refractivity contribution in [2.45, 2.75) is 32.9 Å². The van der Waals surface area contributed by atoms with Crippen LogP contribution >= 0.6 is 0 Å². The summed E-state index contributed by atoms with van der Waals surface area (Å²) in [7, 11) is 0. The summed E-state index contributed by atoms with van der Waals surface area (Å²) in [5.41, 5.74) is 6.63. The average molecular weight is 291 g/mol. The standard InChI is InChI=1S/C14H21N5O2/c1-10(15)18-7-11-6-12(13(16)20)17-19(11)9-14(8-18)2-4-21-5-3-14/h6,15H,2-5,7-9H2,1H3,(H2,16,20). The maximum atomic E-state index is 11.4. The van der Waals surface area contributed by atoms with Crippen LogP contribution in [-0.2, 0) is 17.8 Å². The van der Waals surface area contributed by atoms with Crippen LogP contribution in [0.2, 0.25) is 0 Å². The fraction of sp³-hybridized carbons (Fsp3) is 0.643. The van der Waals surface area contributed by atoms with Crippen LogP contribution in [0.1, 0.15) is 35.9 Å². The predicted molar refractivity (Wildman–Crippen MR) is 77.0 cm³/mol. The Bertz CT molecular complexity index is 574. The van der Waals surface area contributed by atoms with Gasteiger partial charge in [-0.3, -0.25) is 14.9 Å². The van der Waals surface area contributed by atoms with E-state index in [1.807, 2.05) is 4.68 Å². The summed E-state index contributed by atoms with van der Waals surface area (Å²) in [4.78, 5) is 13.4. The van der Waals surface area contributed by atoms with E-state index in [-0.39, 0.29) is 5.41 Å². The van der Waals surface area contributed by atoms with E-state index in [4.69, 9.17) is 15.9 Å². The molecule has 1 amide bonds. The lowest BCUT2D eigenvalue weighted by Crippen LogP contribution is -2.43. The molecule has 1 fully saturated rings. The molecule has 0 aromatic carbocycles. The highest BCUT2D eigenvalue weighted by Crippen LogP contribution is 2.36. The van der Waals surface area contributed by atoms with Gasteiger partial charge in [-0.1, -0.05) is 0 Å². The number of carbonyl (C=O) groups is 1. The minimum Gasteiger partial charge on any atom is -0.381 e. The minimum atomic E-state index is -0.505. The van der Waals surface area contributed by atoms with Gasteiger partial charge in [-0.15, -0.1) is 0 Å². The van der Waals surface area contributed by atoms with E-state index in [1.54, 1.807) is 13.0 Å². The van der Waals surface area contributed by atoms with Crippen molar-refractivity contribution < 1.29 is 9.53 Å². The second-order valence-electron chi connectivity index (χ2n) is 6.10. The van der Waals surface area contributed by atoms with Crippen molar-refractivity contribution in [3.63, 3.8) is 0 Å². The zero-order valence-electron chi connectivity index (χ0n) is 12.3. The molecule has 2 aliphatic heterocycles. The molecule has 3 heterocycles. The highest BCUT2D eigenvalue weighted by molar-refractivity contribution is 5.90. The van der Waals surface area contributed by atoms with Crippen LogP contribution < -0.4 is 5.73 Å². The molecular formula is C14H21N5O2. The molecule has 0 saturated carbocycles. The van der Waals surface area contributed by atoms with Gasteiger partial charge in [0.25, 0.3) is 5.91 Å². The molecule has 1 saturated heterocycles. The van der Waals surface area contributed by atoms with E-state index in [1.165, 1.54) is 0 Å². The van der Waals surface area contributed by atoms with Gasteiger partial charge in [-0.2, -0.15) is 5.10 Å². The molecule has 3 N–H and O–H groups in total. The lowest BCUT2D eigenvalue weighted by molar-refractivity contribution is -0.00292. The second-order valence-corrected chi connectivity index (χ2v) is 6.10. The van der Waals surface area contributed by atoms with E-state index in [9.17, 15) is 4.79 Å². The maximum Gasteiger partial charge on any atom is 0.269 e. The largest absolute Gasteiger partial charge is 0.381 e. The third kappa shape index (κ3) is 2.65. The molecule has 7 heteroatoms. The van der Waals surface area contributed by atoms with Crippen LogP contribution in [0.25, 0.3) is 0 Å². The van der Waals surface area contributed by atoms with Crippen molar-refractivity contribution >= 4 is 11.7 Å². The van der Waals surface area contributed by atoms with Gasteiger partial charge < -0.3 is 15.4 Å². The van der Waals surface area contributed by atoms with Crippen LogP contribution in [-0.4, -0.2) is 46.2 Å². The Kier molecular flexibility index (Phi) is 3.44. The third-order valence-corrected chi connectivity index (χ3v) is 4.51. The quantitative estimate of drug-likeness (QED) is 0.584. The first-order valence-electron chi connectivity index (χ1n) is 7.23. The zero-order chi connectivity index (χ0) is 15.0. The number of primary amides is 1. The Balaban J connectivity index is 1.98. The SMILES string of the molecule is CC(=N)N1Cc2cc(C(N)=O)nn2CC2(CCOCC2)C1. The average Bonchev–Trinajstić information content (AvgIpc) is 2.75. The van der Waals surface area contributed by atoms with Crippen molar-refractivity contribution in [2.75, 3.05) is 19.8 Å². The minimum absolute atomic E-state index is 0.0484. The number of hydrogen-bond acceptors (Lipinski definition) is 4. The van der Waals surface area contributed by atoms with Crippen molar-refractivity contribution in [1.29, 1.82) is 5.41 Å². The number of amides is 1. The van der Waals surface area contributed by atoms with Crippen LogP contribution in [0.15, 0.2) is 6.07 Å². The number of ether oxygens (including phenoxy) is 1. The Morgan fingerprint density at radius 2 is 2.14 bits per heavy atom. The summed E-state index contributed by atoms with van der Waals surface area (Å²) >= 11 is 0. The van der Waals surface area contributed by atoms with Crippen molar-refractivity contribution in [3.05, 3.63) is 17.5 Å². The van der Waals surface area contributed by atoms with Gasteiger partial charge in [0.15, 0.2) is 0 Å². The molecular weight excluding hydrogens is 270 g/mol. The normalized spacial score (nSPS) is 20.9. The molecule has 21 heavy (non-hydrogen) atoms. The lowest BCUT2D eigenvalue weighted by Gasteiger charge is -2.39. The molecule has 114 valence electrons. The van der Waals surface area contributed by atoms with E-state index >= 15 is 0 Å². The Hall–Kier alpha value is -1.89. The molecule has 3 rings (SSSR count). The number of carbonyl (C=O) groups excluding carboxylic acids is 1.